The maximum atomic E-state index is 9.69. The van der Waals surface area contributed by atoms with Gasteiger partial charge in [0.2, 0.25) is 0 Å². The van der Waals surface area contributed by atoms with Crippen molar-refractivity contribution in [3.8, 4) is 0 Å². The Labute approximate surface area is 125 Å². The Morgan fingerprint density at radius 3 is 2.68 bits per heavy atom. The summed E-state index contributed by atoms with van der Waals surface area (Å²) in [6, 6.07) is 2.08. The standard InChI is InChI=1S/C11H19N5O.2ClH/c1-15(2)10-4-11(14-7-13-10)16-6-9(17)3-8(16)5-12;;/h4,7-9,17H,3,5-6,12H2,1-2H3;2*1H. The lowest BCUT2D eigenvalue weighted by atomic mass is 10.2. The molecule has 2 rings (SSSR count). The van der Waals surface area contributed by atoms with Gasteiger partial charge in [0.15, 0.2) is 0 Å². The average molecular weight is 310 g/mol. The fourth-order valence-corrected chi connectivity index (χ4v) is 2.13. The van der Waals surface area contributed by atoms with E-state index in [-0.39, 0.29) is 37.0 Å². The molecule has 1 fully saturated rings. The number of nitrogens with two attached hydrogens (primary N) is 1. The summed E-state index contributed by atoms with van der Waals surface area (Å²) >= 11 is 0. The van der Waals surface area contributed by atoms with Gasteiger partial charge in [-0.1, -0.05) is 0 Å². The Morgan fingerprint density at radius 2 is 2.11 bits per heavy atom. The normalized spacial score (nSPS) is 21.6. The second kappa shape index (κ2) is 7.69. The van der Waals surface area contributed by atoms with Gasteiger partial charge in [0.05, 0.1) is 6.10 Å². The number of aliphatic hydroxyl groups excluding tert-OH is 1. The Kier molecular flexibility index (Phi) is 7.36. The van der Waals surface area contributed by atoms with Crippen molar-refractivity contribution >= 4 is 36.4 Å². The molecule has 0 aliphatic carbocycles. The van der Waals surface area contributed by atoms with Crippen molar-refractivity contribution in [2.75, 3.05) is 37.0 Å². The second-order valence-electron chi connectivity index (χ2n) is 4.56. The van der Waals surface area contributed by atoms with E-state index < -0.39 is 0 Å². The molecule has 2 atom stereocenters. The van der Waals surface area contributed by atoms with Crippen LogP contribution in [0.15, 0.2) is 12.4 Å². The van der Waals surface area contributed by atoms with Gasteiger partial charge in [-0.2, -0.15) is 0 Å². The SMILES string of the molecule is CN(C)c1cc(N2CC(O)CC2CN)ncn1.Cl.Cl. The minimum Gasteiger partial charge on any atom is -0.391 e. The highest BCUT2D eigenvalue weighted by atomic mass is 35.5. The summed E-state index contributed by atoms with van der Waals surface area (Å²) in [5.41, 5.74) is 5.72. The molecule has 19 heavy (non-hydrogen) atoms. The summed E-state index contributed by atoms with van der Waals surface area (Å²) in [6.45, 7) is 1.12. The van der Waals surface area contributed by atoms with Crippen LogP contribution < -0.4 is 15.5 Å². The minimum atomic E-state index is -0.318. The Bertz CT molecular complexity index is 393. The van der Waals surface area contributed by atoms with Gasteiger partial charge in [0, 0.05) is 39.3 Å². The first-order chi connectivity index (χ1) is 8.11. The highest BCUT2D eigenvalue weighted by Crippen LogP contribution is 2.25. The smallest absolute Gasteiger partial charge is 0.134 e. The van der Waals surface area contributed by atoms with Crippen molar-refractivity contribution < 1.29 is 5.11 Å². The number of rotatable bonds is 3. The van der Waals surface area contributed by atoms with E-state index in [4.69, 9.17) is 5.73 Å². The number of hydrogen-bond donors (Lipinski definition) is 2. The fourth-order valence-electron chi connectivity index (χ4n) is 2.13. The summed E-state index contributed by atoms with van der Waals surface area (Å²) in [5, 5.41) is 9.69. The van der Waals surface area contributed by atoms with Crippen molar-refractivity contribution in [3.63, 3.8) is 0 Å². The molecule has 2 heterocycles. The van der Waals surface area contributed by atoms with Crippen molar-refractivity contribution in [2.24, 2.45) is 5.73 Å². The van der Waals surface area contributed by atoms with E-state index in [9.17, 15) is 5.11 Å². The molecule has 0 spiro atoms. The van der Waals surface area contributed by atoms with Crippen LogP contribution in [0.5, 0.6) is 0 Å². The monoisotopic (exact) mass is 309 g/mol. The third-order valence-corrected chi connectivity index (χ3v) is 3.06. The second-order valence-corrected chi connectivity index (χ2v) is 4.56. The fraction of sp³-hybridized carbons (Fsp3) is 0.636. The molecular formula is C11H21Cl2N5O. The molecule has 6 nitrogen and oxygen atoms in total. The van der Waals surface area contributed by atoms with Gasteiger partial charge in [-0.15, -0.1) is 24.8 Å². The van der Waals surface area contributed by atoms with Gasteiger partial charge in [-0.05, 0) is 6.42 Å². The van der Waals surface area contributed by atoms with Crippen LogP contribution in [0, 0.1) is 0 Å². The van der Waals surface area contributed by atoms with Crippen molar-refractivity contribution in [1.82, 2.24) is 9.97 Å². The molecule has 2 unspecified atom stereocenters. The van der Waals surface area contributed by atoms with Gasteiger partial charge in [-0.3, -0.25) is 0 Å². The van der Waals surface area contributed by atoms with Gasteiger partial charge < -0.3 is 20.6 Å². The summed E-state index contributed by atoms with van der Waals surface area (Å²) in [7, 11) is 3.87. The van der Waals surface area contributed by atoms with Crippen LogP contribution in [0.3, 0.4) is 0 Å². The van der Waals surface area contributed by atoms with E-state index in [1.807, 2.05) is 25.1 Å². The third-order valence-electron chi connectivity index (χ3n) is 3.06. The van der Waals surface area contributed by atoms with E-state index in [0.717, 1.165) is 11.6 Å². The quantitative estimate of drug-likeness (QED) is 0.835. The molecule has 1 aromatic heterocycles. The van der Waals surface area contributed by atoms with Gasteiger partial charge in [-0.25, -0.2) is 9.97 Å². The molecule has 1 aliphatic heterocycles. The summed E-state index contributed by atoms with van der Waals surface area (Å²) in [6.07, 6.45) is 1.93. The van der Waals surface area contributed by atoms with Gasteiger partial charge in [0.25, 0.3) is 0 Å². The molecule has 110 valence electrons. The lowest BCUT2D eigenvalue weighted by molar-refractivity contribution is 0.194. The number of nitrogens with zero attached hydrogens (tertiary/aromatic N) is 4. The van der Waals surface area contributed by atoms with E-state index in [1.54, 1.807) is 6.33 Å². The lowest BCUT2D eigenvalue weighted by Gasteiger charge is -2.24. The summed E-state index contributed by atoms with van der Waals surface area (Å²) in [5.74, 6) is 1.68. The van der Waals surface area contributed by atoms with Crippen LogP contribution in [-0.4, -0.2) is 54.4 Å². The molecule has 0 amide bonds. The first-order valence-corrected chi connectivity index (χ1v) is 5.76. The number of aliphatic hydroxyl groups is 1. The van der Waals surface area contributed by atoms with Crippen molar-refractivity contribution in [1.29, 1.82) is 0 Å². The first-order valence-electron chi connectivity index (χ1n) is 5.76. The number of β-amino-alcohol motifs (C(OH)–C–C–N with tert-alkyl or cyclic N) is 1. The molecular weight excluding hydrogens is 289 g/mol. The zero-order valence-electron chi connectivity index (χ0n) is 11.1. The zero-order chi connectivity index (χ0) is 12.4. The van der Waals surface area contributed by atoms with Crippen LogP contribution in [0.1, 0.15) is 6.42 Å². The molecule has 8 heteroatoms. The molecule has 3 N–H and O–H groups in total. The molecule has 1 aromatic rings. The maximum absolute atomic E-state index is 9.69. The van der Waals surface area contributed by atoms with Crippen molar-refractivity contribution in [2.45, 2.75) is 18.6 Å². The molecule has 1 aliphatic rings. The molecule has 0 bridgehead atoms. The predicted molar refractivity (Wildman–Crippen MR) is 81.7 cm³/mol. The highest BCUT2D eigenvalue weighted by molar-refractivity contribution is 5.85. The van der Waals surface area contributed by atoms with Gasteiger partial charge >= 0.3 is 0 Å². The Balaban J connectivity index is 0.00000162. The van der Waals surface area contributed by atoms with Crippen LogP contribution in [0.4, 0.5) is 11.6 Å². The number of anilines is 2. The van der Waals surface area contributed by atoms with Crippen LogP contribution >= 0.6 is 24.8 Å². The minimum absolute atomic E-state index is 0. The number of hydrogen-bond acceptors (Lipinski definition) is 6. The highest BCUT2D eigenvalue weighted by Gasteiger charge is 2.30. The molecule has 1 saturated heterocycles. The Morgan fingerprint density at radius 1 is 1.42 bits per heavy atom. The topological polar surface area (TPSA) is 78.5 Å². The van der Waals surface area contributed by atoms with E-state index >= 15 is 0 Å². The zero-order valence-corrected chi connectivity index (χ0v) is 12.7. The van der Waals surface area contributed by atoms with Gasteiger partial charge in [0.1, 0.15) is 18.0 Å². The van der Waals surface area contributed by atoms with E-state index in [0.29, 0.717) is 19.5 Å². The van der Waals surface area contributed by atoms with Crippen LogP contribution in [0.25, 0.3) is 0 Å². The molecule has 0 aromatic carbocycles. The molecule has 0 saturated carbocycles. The van der Waals surface area contributed by atoms with Crippen LogP contribution in [-0.2, 0) is 0 Å². The van der Waals surface area contributed by atoms with Crippen molar-refractivity contribution in [3.05, 3.63) is 12.4 Å². The number of halogens is 2. The third kappa shape index (κ3) is 4.07. The molecule has 0 radical (unpaired) electrons. The average Bonchev–Trinajstić information content (AvgIpc) is 2.70. The summed E-state index contributed by atoms with van der Waals surface area (Å²) in [4.78, 5) is 12.4. The predicted octanol–water partition coefficient (Wildman–Crippen LogP) is 0.284. The largest absolute Gasteiger partial charge is 0.391 e. The van der Waals surface area contributed by atoms with E-state index in [1.165, 1.54) is 0 Å². The van der Waals surface area contributed by atoms with E-state index in [2.05, 4.69) is 14.9 Å². The van der Waals surface area contributed by atoms with Crippen LogP contribution in [0.2, 0.25) is 0 Å². The summed E-state index contributed by atoms with van der Waals surface area (Å²) < 4.78 is 0. The maximum Gasteiger partial charge on any atom is 0.134 e. The first kappa shape index (κ1) is 18.2. The lowest BCUT2D eigenvalue weighted by Crippen LogP contribution is -2.36. The Hall–Kier alpha value is -0.820. The number of aromatic nitrogens is 2.